The lowest BCUT2D eigenvalue weighted by Crippen LogP contribution is -2.26. The first-order valence-electron chi connectivity index (χ1n) is 9.80. The van der Waals surface area contributed by atoms with E-state index in [1.165, 1.54) is 12.8 Å². The Labute approximate surface area is 159 Å². The maximum atomic E-state index is 6.27. The monoisotopic (exact) mass is 355 g/mol. The van der Waals surface area contributed by atoms with E-state index in [0.717, 1.165) is 48.2 Å². The summed E-state index contributed by atoms with van der Waals surface area (Å²) in [6.45, 7) is 11.5. The maximum absolute atomic E-state index is 6.27. The Kier molecular flexibility index (Phi) is 7.50. The lowest BCUT2D eigenvalue weighted by molar-refractivity contribution is 0.112. The Hall–Kier alpha value is -2.02. The molecule has 4 nitrogen and oxygen atoms in total. The summed E-state index contributed by atoms with van der Waals surface area (Å²) in [6.07, 6.45) is 6.76. The highest BCUT2D eigenvalue weighted by Crippen LogP contribution is 2.33. The van der Waals surface area contributed by atoms with Gasteiger partial charge in [-0.25, -0.2) is 9.98 Å². The first-order chi connectivity index (χ1) is 12.4. The number of aromatic nitrogens is 1. The van der Waals surface area contributed by atoms with Crippen LogP contribution in [-0.2, 0) is 0 Å². The Morgan fingerprint density at radius 1 is 1.35 bits per heavy atom. The van der Waals surface area contributed by atoms with Crippen LogP contribution in [-0.4, -0.2) is 35.9 Å². The fourth-order valence-corrected chi connectivity index (χ4v) is 3.29. The average Bonchev–Trinajstić information content (AvgIpc) is 2.63. The fourth-order valence-electron chi connectivity index (χ4n) is 3.29. The number of aliphatic imine (C=N–C) groups is 1. The third-order valence-corrected chi connectivity index (χ3v) is 5.24. The van der Waals surface area contributed by atoms with E-state index in [1.54, 1.807) is 0 Å². The number of hydrogen-bond acceptors (Lipinski definition) is 3. The summed E-state index contributed by atoms with van der Waals surface area (Å²) >= 11 is 0. The van der Waals surface area contributed by atoms with E-state index in [4.69, 9.17) is 4.74 Å². The number of nitrogens with zero attached hydrogens (tertiary/aromatic N) is 3. The molecule has 1 aliphatic carbocycles. The second-order valence-corrected chi connectivity index (χ2v) is 7.54. The van der Waals surface area contributed by atoms with E-state index in [2.05, 4.69) is 42.6 Å². The lowest BCUT2D eigenvalue weighted by Gasteiger charge is -2.31. The number of hydrogen-bond donors (Lipinski definition) is 0. The molecule has 1 aromatic heterocycles. The van der Waals surface area contributed by atoms with Crippen LogP contribution < -0.4 is 4.74 Å². The van der Waals surface area contributed by atoms with Crippen molar-refractivity contribution in [1.29, 1.82) is 0 Å². The van der Waals surface area contributed by atoms with Crippen LogP contribution in [0.1, 0.15) is 64.6 Å². The number of pyridine rings is 1. The van der Waals surface area contributed by atoms with Crippen molar-refractivity contribution in [3.05, 3.63) is 17.3 Å². The van der Waals surface area contributed by atoms with Crippen LogP contribution in [0.2, 0.25) is 0 Å². The Bertz CT molecular complexity index is 677. The Morgan fingerprint density at radius 2 is 2.04 bits per heavy atom. The molecule has 1 aliphatic rings. The number of aryl methyl sites for hydroxylation is 1. The molecule has 0 aromatic carbocycles. The molecule has 0 radical (unpaired) electrons. The molecular weight excluding hydrogens is 322 g/mol. The predicted octanol–water partition coefficient (Wildman–Crippen LogP) is 4.97. The van der Waals surface area contributed by atoms with Gasteiger partial charge in [0, 0.05) is 13.6 Å². The van der Waals surface area contributed by atoms with Crippen LogP contribution in [0.15, 0.2) is 11.1 Å². The van der Waals surface area contributed by atoms with Gasteiger partial charge in [-0.15, -0.1) is 5.92 Å². The van der Waals surface area contributed by atoms with Gasteiger partial charge in [0.05, 0.1) is 23.3 Å². The zero-order chi connectivity index (χ0) is 19.1. The molecule has 0 unspecified atom stereocenters. The van der Waals surface area contributed by atoms with Crippen LogP contribution in [0.4, 0.5) is 5.69 Å². The summed E-state index contributed by atoms with van der Waals surface area (Å²) in [5.41, 5.74) is 2.55. The second-order valence-electron chi connectivity index (χ2n) is 7.54. The van der Waals surface area contributed by atoms with Gasteiger partial charge in [0.25, 0.3) is 0 Å². The minimum Gasteiger partial charge on any atom is -0.473 e. The molecule has 142 valence electrons. The molecule has 0 N–H and O–H groups in total. The zero-order valence-electron chi connectivity index (χ0n) is 17.2. The van der Waals surface area contributed by atoms with Gasteiger partial charge in [-0.05, 0) is 64.4 Å². The first-order valence-corrected chi connectivity index (χ1v) is 9.80. The van der Waals surface area contributed by atoms with Crippen molar-refractivity contribution in [2.24, 2.45) is 16.8 Å². The van der Waals surface area contributed by atoms with E-state index in [0.29, 0.717) is 5.88 Å². The molecule has 2 rings (SSSR count). The molecule has 1 fully saturated rings. The van der Waals surface area contributed by atoms with E-state index in [-0.39, 0.29) is 6.10 Å². The molecule has 0 aliphatic heterocycles. The molecule has 0 atom stereocenters. The normalized spacial score (nSPS) is 20.1. The third kappa shape index (κ3) is 5.49. The molecular formula is C22H33N3O. The summed E-state index contributed by atoms with van der Waals surface area (Å²) in [7, 11) is 2.00. The summed E-state index contributed by atoms with van der Waals surface area (Å²) in [4.78, 5) is 11.3. The zero-order valence-corrected chi connectivity index (χ0v) is 17.2. The smallest absolute Gasteiger partial charge is 0.230 e. The Morgan fingerprint density at radius 3 is 2.62 bits per heavy atom. The molecule has 4 heteroatoms. The van der Waals surface area contributed by atoms with Crippen molar-refractivity contribution in [3.63, 3.8) is 0 Å². The van der Waals surface area contributed by atoms with Crippen molar-refractivity contribution < 1.29 is 4.74 Å². The van der Waals surface area contributed by atoms with Gasteiger partial charge in [-0.3, -0.25) is 0 Å². The fraction of sp³-hybridized carbons (Fsp3) is 0.636. The molecule has 0 spiro atoms. The molecule has 1 heterocycles. The highest BCUT2D eigenvalue weighted by Gasteiger charge is 2.25. The molecule has 1 aromatic rings. The minimum atomic E-state index is 0.245. The van der Waals surface area contributed by atoms with Gasteiger partial charge in [-0.2, -0.15) is 0 Å². The summed E-state index contributed by atoms with van der Waals surface area (Å²) in [6, 6.07) is 1.99. The molecule has 0 saturated heterocycles. The number of ether oxygens (including phenoxy) is 1. The van der Waals surface area contributed by atoms with Gasteiger partial charge in [0.15, 0.2) is 0 Å². The quantitative estimate of drug-likeness (QED) is 0.411. The number of rotatable bonds is 6. The van der Waals surface area contributed by atoms with Crippen molar-refractivity contribution in [2.75, 3.05) is 13.6 Å². The van der Waals surface area contributed by atoms with E-state index >= 15 is 0 Å². The van der Waals surface area contributed by atoms with Gasteiger partial charge < -0.3 is 9.64 Å². The van der Waals surface area contributed by atoms with Gasteiger partial charge in [0.1, 0.15) is 6.10 Å². The summed E-state index contributed by atoms with van der Waals surface area (Å²) < 4.78 is 6.27. The highest BCUT2D eigenvalue weighted by molar-refractivity contribution is 5.64. The largest absolute Gasteiger partial charge is 0.473 e. The van der Waals surface area contributed by atoms with Crippen LogP contribution >= 0.6 is 0 Å². The van der Waals surface area contributed by atoms with E-state index in [9.17, 15) is 0 Å². The van der Waals surface area contributed by atoms with Crippen LogP contribution in [0.3, 0.4) is 0 Å². The van der Waals surface area contributed by atoms with Crippen LogP contribution in [0.25, 0.3) is 0 Å². The van der Waals surface area contributed by atoms with Gasteiger partial charge >= 0.3 is 0 Å². The third-order valence-electron chi connectivity index (χ3n) is 5.24. The topological polar surface area (TPSA) is 37.7 Å². The Balaban J connectivity index is 2.16. The summed E-state index contributed by atoms with van der Waals surface area (Å²) in [5.74, 6) is 8.36. The SMILES string of the molecule is CC#Cc1cc(/N=C/N(C)CC)c(C)nc1OC1CCC(C(C)C)CC1. The van der Waals surface area contributed by atoms with Gasteiger partial charge in [0.2, 0.25) is 5.88 Å². The van der Waals surface area contributed by atoms with Crippen molar-refractivity contribution in [3.8, 4) is 17.7 Å². The van der Waals surface area contributed by atoms with Crippen LogP contribution in [0, 0.1) is 30.6 Å². The first kappa shape index (κ1) is 20.3. The summed E-state index contributed by atoms with van der Waals surface area (Å²) in [5, 5.41) is 0. The van der Waals surface area contributed by atoms with Crippen molar-refractivity contribution >= 4 is 12.0 Å². The van der Waals surface area contributed by atoms with E-state index < -0.39 is 0 Å². The molecule has 26 heavy (non-hydrogen) atoms. The van der Waals surface area contributed by atoms with Crippen molar-refractivity contribution in [2.45, 2.75) is 66.4 Å². The molecule has 0 amide bonds. The standard InChI is InChI=1S/C22H33N3O/c1-7-9-19-14-21(23-15-25(6)8-2)17(5)24-22(19)26-20-12-10-18(11-13-20)16(3)4/h14-16,18,20H,8,10-13H2,1-6H3/b23-15+. The predicted molar refractivity (Wildman–Crippen MR) is 109 cm³/mol. The van der Waals surface area contributed by atoms with Crippen LogP contribution in [0.5, 0.6) is 5.88 Å². The second kappa shape index (κ2) is 9.62. The average molecular weight is 356 g/mol. The van der Waals surface area contributed by atoms with Crippen molar-refractivity contribution in [1.82, 2.24) is 9.88 Å². The highest BCUT2D eigenvalue weighted by atomic mass is 16.5. The molecule has 1 saturated carbocycles. The minimum absolute atomic E-state index is 0.245. The van der Waals surface area contributed by atoms with E-state index in [1.807, 2.05) is 38.2 Å². The molecule has 0 bridgehead atoms. The lowest BCUT2D eigenvalue weighted by atomic mass is 9.80. The van der Waals surface area contributed by atoms with Gasteiger partial charge in [-0.1, -0.05) is 19.8 Å². The maximum Gasteiger partial charge on any atom is 0.230 e.